The molecular weight excluding hydrogens is 502 g/mol. The monoisotopic (exact) mass is 533 g/mol. The lowest BCUT2D eigenvalue weighted by Gasteiger charge is -2.19. The van der Waals surface area contributed by atoms with Crippen molar-refractivity contribution in [3.8, 4) is 22.6 Å². The second kappa shape index (κ2) is 12.3. The van der Waals surface area contributed by atoms with E-state index in [1.54, 1.807) is 14.0 Å². The highest BCUT2D eigenvalue weighted by atomic mass is 16.6. The first-order valence-corrected chi connectivity index (χ1v) is 12.6. The van der Waals surface area contributed by atoms with Crippen LogP contribution in [0.15, 0.2) is 60.7 Å². The summed E-state index contributed by atoms with van der Waals surface area (Å²) in [5.74, 6) is 0.225. The molecule has 10 nitrogen and oxygen atoms in total. The van der Waals surface area contributed by atoms with Gasteiger partial charge in [-0.15, -0.1) is 0 Å². The average molecular weight is 534 g/mol. The fourth-order valence-corrected chi connectivity index (χ4v) is 4.78. The maximum absolute atomic E-state index is 12.8. The van der Waals surface area contributed by atoms with Crippen LogP contribution < -0.4 is 20.1 Å². The zero-order valence-corrected chi connectivity index (χ0v) is 22.1. The number of hydrogen-bond acceptors (Lipinski definition) is 7. The number of methoxy groups -OCH3 is 1. The summed E-state index contributed by atoms with van der Waals surface area (Å²) >= 11 is 0. The van der Waals surface area contributed by atoms with Crippen molar-refractivity contribution >= 4 is 17.7 Å². The molecule has 0 spiro atoms. The molecule has 0 fully saturated rings. The molecule has 0 saturated heterocycles. The molecule has 0 bridgehead atoms. The van der Waals surface area contributed by atoms with Crippen molar-refractivity contribution in [2.24, 2.45) is 0 Å². The van der Waals surface area contributed by atoms with Crippen LogP contribution in [0.25, 0.3) is 11.1 Å². The lowest BCUT2D eigenvalue weighted by molar-refractivity contribution is -0.385. The Kier molecular flexibility index (Phi) is 8.65. The third-order valence-corrected chi connectivity index (χ3v) is 6.74. The number of ether oxygens (including phenoxy) is 3. The minimum Gasteiger partial charge on any atom is -0.493 e. The Bertz CT molecular complexity index is 1330. The molecule has 204 valence electrons. The van der Waals surface area contributed by atoms with Crippen molar-refractivity contribution in [3.63, 3.8) is 0 Å². The zero-order valence-electron chi connectivity index (χ0n) is 22.1. The van der Waals surface area contributed by atoms with E-state index < -0.39 is 17.1 Å². The molecule has 2 N–H and O–H groups in total. The molecule has 3 aromatic rings. The number of carbonyl (C=O) groups excluding carboxylic acids is 2. The molecular formula is C29H31N3O7. The Morgan fingerprint density at radius 1 is 1.03 bits per heavy atom. The number of fused-ring (bicyclic) bond motifs is 3. The van der Waals surface area contributed by atoms with E-state index >= 15 is 0 Å². The molecule has 0 aromatic heterocycles. The molecule has 4 rings (SSSR count). The van der Waals surface area contributed by atoms with E-state index in [0.717, 1.165) is 22.3 Å². The first-order chi connectivity index (χ1) is 18.8. The number of nitro groups is 1. The summed E-state index contributed by atoms with van der Waals surface area (Å²) in [4.78, 5) is 35.5. The molecule has 10 heteroatoms. The van der Waals surface area contributed by atoms with Gasteiger partial charge in [0.25, 0.3) is 5.69 Å². The number of nitro benzene ring substituents is 1. The predicted octanol–water partition coefficient (Wildman–Crippen LogP) is 5.11. The van der Waals surface area contributed by atoms with Gasteiger partial charge in [-0.2, -0.15) is 0 Å². The average Bonchev–Trinajstić information content (AvgIpc) is 3.27. The van der Waals surface area contributed by atoms with Gasteiger partial charge in [0.2, 0.25) is 5.91 Å². The molecule has 0 saturated carbocycles. The maximum atomic E-state index is 12.8. The Morgan fingerprint density at radius 3 is 2.26 bits per heavy atom. The van der Waals surface area contributed by atoms with Gasteiger partial charge in [0.15, 0.2) is 11.5 Å². The normalized spacial score (nSPS) is 12.6. The molecule has 0 heterocycles. The van der Waals surface area contributed by atoms with Gasteiger partial charge in [-0.1, -0.05) is 48.5 Å². The Labute approximate surface area is 226 Å². The molecule has 1 aliphatic carbocycles. The summed E-state index contributed by atoms with van der Waals surface area (Å²) in [6, 6.07) is 18.0. The van der Waals surface area contributed by atoms with Crippen LogP contribution in [0.5, 0.6) is 11.5 Å². The quantitative estimate of drug-likeness (QED) is 0.199. The van der Waals surface area contributed by atoms with Crippen LogP contribution in [0.2, 0.25) is 0 Å². The lowest BCUT2D eigenvalue weighted by atomic mass is 9.98. The van der Waals surface area contributed by atoms with E-state index in [-0.39, 0.29) is 54.2 Å². The van der Waals surface area contributed by atoms with E-state index in [2.05, 4.69) is 22.8 Å². The highest BCUT2D eigenvalue weighted by Crippen LogP contribution is 2.44. The molecule has 1 unspecified atom stereocenters. The summed E-state index contributed by atoms with van der Waals surface area (Å²) in [5.41, 5.74) is 4.42. The van der Waals surface area contributed by atoms with Crippen LogP contribution in [0, 0.1) is 10.1 Å². The predicted molar refractivity (Wildman–Crippen MR) is 145 cm³/mol. The van der Waals surface area contributed by atoms with Gasteiger partial charge in [0.1, 0.15) is 6.61 Å². The number of alkyl carbamates (subject to hydrolysis) is 1. The van der Waals surface area contributed by atoms with Crippen molar-refractivity contribution in [1.29, 1.82) is 0 Å². The maximum Gasteiger partial charge on any atom is 0.407 e. The van der Waals surface area contributed by atoms with Crippen LogP contribution in [0.1, 0.15) is 48.4 Å². The van der Waals surface area contributed by atoms with Gasteiger partial charge in [0.05, 0.1) is 36.3 Å². The first-order valence-electron chi connectivity index (χ1n) is 12.6. The molecule has 0 aliphatic heterocycles. The molecule has 1 aliphatic rings. The molecule has 1 atom stereocenters. The number of nitrogens with one attached hydrogen (secondary N) is 2. The number of hydrogen-bond donors (Lipinski definition) is 2. The fourth-order valence-electron chi connectivity index (χ4n) is 4.78. The second-order valence-corrected chi connectivity index (χ2v) is 9.14. The van der Waals surface area contributed by atoms with E-state index in [1.807, 2.05) is 36.4 Å². The molecule has 0 radical (unpaired) electrons. The third-order valence-electron chi connectivity index (χ3n) is 6.74. The molecule has 2 amide bonds. The summed E-state index contributed by atoms with van der Waals surface area (Å²) < 4.78 is 16.6. The van der Waals surface area contributed by atoms with Crippen LogP contribution in [-0.4, -0.2) is 44.3 Å². The number of carbonyl (C=O) groups is 2. The van der Waals surface area contributed by atoms with Crippen molar-refractivity contribution in [3.05, 3.63) is 87.5 Å². The van der Waals surface area contributed by atoms with E-state index in [9.17, 15) is 19.7 Å². The van der Waals surface area contributed by atoms with Crippen molar-refractivity contribution in [2.45, 2.75) is 31.7 Å². The third kappa shape index (κ3) is 6.11. The van der Waals surface area contributed by atoms with Crippen molar-refractivity contribution < 1.29 is 28.7 Å². The van der Waals surface area contributed by atoms with E-state index in [4.69, 9.17) is 14.2 Å². The minimum absolute atomic E-state index is 0.104. The van der Waals surface area contributed by atoms with Crippen LogP contribution in [-0.2, 0) is 9.53 Å². The highest BCUT2D eigenvalue weighted by molar-refractivity contribution is 5.79. The number of amides is 2. The Morgan fingerprint density at radius 2 is 1.67 bits per heavy atom. The topological polar surface area (TPSA) is 129 Å². The van der Waals surface area contributed by atoms with Gasteiger partial charge >= 0.3 is 6.09 Å². The number of benzene rings is 3. The summed E-state index contributed by atoms with van der Waals surface area (Å²) in [7, 11) is 2.97. The van der Waals surface area contributed by atoms with E-state index in [1.165, 1.54) is 19.2 Å². The number of nitrogens with zero attached hydrogens (tertiary/aromatic N) is 1. The Hall–Kier alpha value is -4.60. The molecule has 3 aromatic carbocycles. The standard InChI is InChI=1S/C29H31N3O7/c1-18(23-15-26(37-3)27(16-25(23)32(35)36)38-14-8-13-28(33)30-2)31-29(34)39-17-24-21-11-6-4-9-19(21)20-10-5-7-12-22(20)24/h4-7,9-12,15-16,18,24H,8,13-14,17H2,1-3H3,(H,30,33)(H,31,34). The lowest BCUT2D eigenvalue weighted by Crippen LogP contribution is -2.29. The fraction of sp³-hybridized carbons (Fsp3) is 0.310. The summed E-state index contributed by atoms with van der Waals surface area (Å²) in [5, 5.41) is 17.1. The Balaban J connectivity index is 1.44. The van der Waals surface area contributed by atoms with Crippen LogP contribution >= 0.6 is 0 Å². The first kappa shape index (κ1) is 27.4. The van der Waals surface area contributed by atoms with Crippen LogP contribution in [0.4, 0.5) is 10.5 Å². The summed E-state index contributed by atoms with van der Waals surface area (Å²) in [6.45, 7) is 1.93. The highest BCUT2D eigenvalue weighted by Gasteiger charge is 2.30. The van der Waals surface area contributed by atoms with Gasteiger partial charge in [-0.05, 0) is 41.7 Å². The van der Waals surface area contributed by atoms with Gasteiger partial charge in [-0.3, -0.25) is 14.9 Å². The van der Waals surface area contributed by atoms with Gasteiger partial charge in [-0.25, -0.2) is 4.79 Å². The second-order valence-electron chi connectivity index (χ2n) is 9.14. The zero-order chi connectivity index (χ0) is 27.9. The van der Waals surface area contributed by atoms with Crippen LogP contribution in [0.3, 0.4) is 0 Å². The minimum atomic E-state index is -0.753. The van der Waals surface area contributed by atoms with E-state index in [0.29, 0.717) is 6.42 Å². The SMILES string of the molecule is CNC(=O)CCCOc1cc([N+](=O)[O-])c(C(C)NC(=O)OCC2c3ccccc3-c3ccccc32)cc1OC. The van der Waals surface area contributed by atoms with Gasteiger partial charge in [0, 0.05) is 19.4 Å². The molecule has 39 heavy (non-hydrogen) atoms. The van der Waals surface area contributed by atoms with Crippen molar-refractivity contribution in [2.75, 3.05) is 27.4 Å². The smallest absolute Gasteiger partial charge is 0.407 e. The van der Waals surface area contributed by atoms with Crippen molar-refractivity contribution in [1.82, 2.24) is 10.6 Å². The summed E-state index contributed by atoms with van der Waals surface area (Å²) in [6.07, 6.45) is 0.00484. The number of rotatable bonds is 11. The largest absolute Gasteiger partial charge is 0.493 e. The van der Waals surface area contributed by atoms with Gasteiger partial charge < -0.3 is 24.8 Å².